The number of hydrogen-bond donors (Lipinski definition) is 2. The molecule has 1 aliphatic heterocycles. The van der Waals surface area contributed by atoms with Crippen molar-refractivity contribution in [2.75, 3.05) is 24.6 Å². The average Bonchev–Trinajstić information content (AvgIpc) is 2.27. The summed E-state index contributed by atoms with van der Waals surface area (Å²) < 4.78 is 0. The number of carbonyl (C=O) groups is 1. The molecular formula is C11H16N4O. The molecule has 1 aromatic heterocycles. The molecule has 1 amide bonds. The topological polar surface area (TPSA) is 71.2 Å². The highest BCUT2D eigenvalue weighted by molar-refractivity contribution is 5.77. The molecule has 0 radical (unpaired) electrons. The van der Waals surface area contributed by atoms with Gasteiger partial charge in [-0.05, 0) is 18.6 Å². The van der Waals surface area contributed by atoms with Gasteiger partial charge in [0.2, 0.25) is 5.91 Å². The fourth-order valence-electron chi connectivity index (χ4n) is 1.86. The molecule has 0 spiro atoms. The smallest absolute Gasteiger partial charge is 0.222 e. The van der Waals surface area contributed by atoms with Crippen LogP contribution in [0.15, 0.2) is 18.3 Å². The maximum atomic E-state index is 11.3. The van der Waals surface area contributed by atoms with E-state index in [-0.39, 0.29) is 11.9 Å². The fraction of sp³-hybridized carbons (Fsp3) is 0.455. The number of nitrogens with two attached hydrogens (primary N) is 1. The molecule has 1 aliphatic rings. The Morgan fingerprint density at radius 3 is 3.12 bits per heavy atom. The molecule has 1 fully saturated rings. The van der Waals surface area contributed by atoms with Gasteiger partial charge in [0, 0.05) is 32.3 Å². The third-order valence-electron chi connectivity index (χ3n) is 2.81. The Balaban J connectivity index is 2.01. The Bertz CT molecular complexity index is 393. The number of hydrogen-bond acceptors (Lipinski definition) is 4. The Kier molecular flexibility index (Phi) is 2.94. The van der Waals surface area contributed by atoms with Gasteiger partial charge < -0.3 is 16.0 Å². The second kappa shape index (κ2) is 4.38. The number of carbonyl (C=O) groups excluding carboxylic acids is 1. The number of likely N-dealkylation sites (N-methyl/N-ethyl adjacent to an activating group) is 1. The lowest BCUT2D eigenvalue weighted by molar-refractivity contribution is -0.132. The number of nitrogen functional groups attached to an aromatic ring is 1. The molecule has 2 heterocycles. The van der Waals surface area contributed by atoms with Crippen LogP contribution in [-0.2, 0) is 4.79 Å². The first-order valence-corrected chi connectivity index (χ1v) is 5.38. The SMILES string of the molecule is CN1CC(Nc2ncccc2N)CCC1=O. The van der Waals surface area contributed by atoms with Crippen molar-refractivity contribution in [1.29, 1.82) is 0 Å². The summed E-state index contributed by atoms with van der Waals surface area (Å²) in [6, 6.07) is 3.85. The van der Waals surface area contributed by atoms with Gasteiger partial charge in [-0.2, -0.15) is 0 Å². The Labute approximate surface area is 94.6 Å². The van der Waals surface area contributed by atoms with Crippen molar-refractivity contribution in [3.8, 4) is 0 Å². The van der Waals surface area contributed by atoms with E-state index in [0.29, 0.717) is 24.5 Å². The van der Waals surface area contributed by atoms with Gasteiger partial charge in [0.1, 0.15) is 5.82 Å². The van der Waals surface area contributed by atoms with Crippen LogP contribution in [0.4, 0.5) is 11.5 Å². The highest BCUT2D eigenvalue weighted by Gasteiger charge is 2.23. The predicted octanol–water partition coefficient (Wildman–Crippen LogP) is 0.696. The van der Waals surface area contributed by atoms with Gasteiger partial charge in [0.05, 0.1) is 5.69 Å². The molecule has 1 saturated heterocycles. The van der Waals surface area contributed by atoms with Crippen LogP contribution in [0.5, 0.6) is 0 Å². The maximum absolute atomic E-state index is 11.3. The van der Waals surface area contributed by atoms with E-state index in [4.69, 9.17) is 5.73 Å². The lowest BCUT2D eigenvalue weighted by Crippen LogP contribution is -2.43. The second-order valence-corrected chi connectivity index (χ2v) is 4.10. The van der Waals surface area contributed by atoms with Crippen LogP contribution in [-0.4, -0.2) is 35.4 Å². The van der Waals surface area contributed by atoms with Crippen molar-refractivity contribution in [2.45, 2.75) is 18.9 Å². The summed E-state index contributed by atoms with van der Waals surface area (Å²) in [4.78, 5) is 17.2. The normalized spacial score (nSPS) is 20.9. The van der Waals surface area contributed by atoms with Crippen molar-refractivity contribution in [3.63, 3.8) is 0 Å². The fourth-order valence-corrected chi connectivity index (χ4v) is 1.86. The molecule has 0 saturated carbocycles. The van der Waals surface area contributed by atoms with E-state index < -0.39 is 0 Å². The first-order chi connectivity index (χ1) is 7.66. The standard InChI is InChI=1S/C11H16N4O/c1-15-7-8(4-5-10(15)16)14-11-9(12)3-2-6-13-11/h2-3,6,8H,4-5,7,12H2,1H3,(H,13,14). The maximum Gasteiger partial charge on any atom is 0.222 e. The molecule has 3 N–H and O–H groups in total. The van der Waals surface area contributed by atoms with Gasteiger partial charge in [-0.1, -0.05) is 0 Å². The molecule has 0 bridgehead atoms. The molecular weight excluding hydrogens is 204 g/mol. The minimum atomic E-state index is 0.201. The number of aromatic nitrogens is 1. The number of likely N-dealkylation sites (tertiary alicyclic amines) is 1. The summed E-state index contributed by atoms with van der Waals surface area (Å²) in [5.41, 5.74) is 6.43. The van der Waals surface area contributed by atoms with E-state index in [2.05, 4.69) is 10.3 Å². The number of pyridine rings is 1. The zero-order chi connectivity index (χ0) is 11.5. The quantitative estimate of drug-likeness (QED) is 0.769. The molecule has 1 atom stereocenters. The van der Waals surface area contributed by atoms with Crippen LogP contribution in [0.2, 0.25) is 0 Å². The van der Waals surface area contributed by atoms with Crippen LogP contribution < -0.4 is 11.1 Å². The minimum Gasteiger partial charge on any atom is -0.396 e. The minimum absolute atomic E-state index is 0.201. The number of nitrogens with zero attached hydrogens (tertiary/aromatic N) is 2. The number of nitrogens with one attached hydrogen (secondary N) is 1. The lowest BCUT2D eigenvalue weighted by atomic mass is 10.1. The number of rotatable bonds is 2. The molecule has 0 aliphatic carbocycles. The van der Waals surface area contributed by atoms with E-state index in [0.717, 1.165) is 6.42 Å². The molecule has 2 rings (SSSR count). The molecule has 5 nitrogen and oxygen atoms in total. The first kappa shape index (κ1) is 10.7. The third-order valence-corrected chi connectivity index (χ3v) is 2.81. The van der Waals surface area contributed by atoms with Crippen molar-refractivity contribution in [1.82, 2.24) is 9.88 Å². The van der Waals surface area contributed by atoms with E-state index in [9.17, 15) is 4.79 Å². The molecule has 5 heteroatoms. The largest absolute Gasteiger partial charge is 0.396 e. The van der Waals surface area contributed by atoms with E-state index in [1.807, 2.05) is 13.1 Å². The van der Waals surface area contributed by atoms with Crippen molar-refractivity contribution in [3.05, 3.63) is 18.3 Å². The van der Waals surface area contributed by atoms with Crippen LogP contribution in [0, 0.1) is 0 Å². The molecule has 86 valence electrons. The summed E-state index contributed by atoms with van der Waals surface area (Å²) in [7, 11) is 1.82. The summed E-state index contributed by atoms with van der Waals surface area (Å²) >= 11 is 0. The van der Waals surface area contributed by atoms with Gasteiger partial charge in [0.15, 0.2) is 0 Å². The van der Waals surface area contributed by atoms with Crippen LogP contribution in [0.25, 0.3) is 0 Å². The van der Waals surface area contributed by atoms with Crippen LogP contribution >= 0.6 is 0 Å². The lowest BCUT2D eigenvalue weighted by Gasteiger charge is -2.30. The van der Waals surface area contributed by atoms with Gasteiger partial charge in [-0.25, -0.2) is 4.98 Å². The molecule has 1 unspecified atom stereocenters. The van der Waals surface area contributed by atoms with Gasteiger partial charge in [0.25, 0.3) is 0 Å². The zero-order valence-corrected chi connectivity index (χ0v) is 9.31. The molecule has 1 aromatic rings. The predicted molar refractivity (Wildman–Crippen MR) is 62.9 cm³/mol. The number of piperidine rings is 1. The highest BCUT2D eigenvalue weighted by atomic mass is 16.2. The summed E-state index contributed by atoms with van der Waals surface area (Å²) in [6.07, 6.45) is 3.12. The molecule has 0 aromatic carbocycles. The highest BCUT2D eigenvalue weighted by Crippen LogP contribution is 2.18. The van der Waals surface area contributed by atoms with E-state index >= 15 is 0 Å². The zero-order valence-electron chi connectivity index (χ0n) is 9.31. The van der Waals surface area contributed by atoms with Crippen molar-refractivity contribution in [2.24, 2.45) is 0 Å². The van der Waals surface area contributed by atoms with Gasteiger partial charge >= 0.3 is 0 Å². The first-order valence-electron chi connectivity index (χ1n) is 5.38. The van der Waals surface area contributed by atoms with Crippen LogP contribution in [0.3, 0.4) is 0 Å². The third kappa shape index (κ3) is 2.24. The Morgan fingerprint density at radius 2 is 2.44 bits per heavy atom. The summed E-state index contributed by atoms with van der Waals surface area (Å²) in [6.45, 7) is 0.703. The summed E-state index contributed by atoms with van der Waals surface area (Å²) in [5, 5.41) is 3.27. The van der Waals surface area contributed by atoms with Gasteiger partial charge in [-0.3, -0.25) is 4.79 Å². The second-order valence-electron chi connectivity index (χ2n) is 4.10. The Morgan fingerprint density at radius 1 is 1.62 bits per heavy atom. The molecule has 16 heavy (non-hydrogen) atoms. The van der Waals surface area contributed by atoms with E-state index in [1.54, 1.807) is 17.2 Å². The number of anilines is 2. The average molecular weight is 220 g/mol. The van der Waals surface area contributed by atoms with Crippen LogP contribution in [0.1, 0.15) is 12.8 Å². The van der Waals surface area contributed by atoms with Gasteiger partial charge in [-0.15, -0.1) is 0 Å². The summed E-state index contributed by atoms with van der Waals surface area (Å²) in [5.74, 6) is 0.905. The van der Waals surface area contributed by atoms with E-state index in [1.165, 1.54) is 0 Å². The van der Waals surface area contributed by atoms with Crippen molar-refractivity contribution >= 4 is 17.4 Å². The monoisotopic (exact) mass is 220 g/mol. The Hall–Kier alpha value is -1.78. The van der Waals surface area contributed by atoms with Crippen molar-refractivity contribution < 1.29 is 4.79 Å². The number of amides is 1.